The monoisotopic (exact) mass is 449 g/mol. The molecule has 1 heterocycles. The normalized spacial score (nSPS) is 13.3. The van der Waals surface area contributed by atoms with E-state index in [1.165, 1.54) is 11.0 Å². The van der Waals surface area contributed by atoms with Gasteiger partial charge >= 0.3 is 0 Å². The molecule has 0 aliphatic carbocycles. The number of benzene rings is 3. The fourth-order valence-corrected chi connectivity index (χ4v) is 5.15. The zero-order valence-electron chi connectivity index (χ0n) is 18.0. The number of aryl methyl sites for hydroxylation is 3. The van der Waals surface area contributed by atoms with Crippen LogP contribution in [0.1, 0.15) is 27.0 Å². The van der Waals surface area contributed by atoms with Gasteiger partial charge in [-0.25, -0.2) is 8.42 Å². The third-order valence-electron chi connectivity index (χ3n) is 5.21. The van der Waals surface area contributed by atoms with Gasteiger partial charge in [-0.3, -0.25) is 19.2 Å². The highest BCUT2D eigenvalue weighted by Gasteiger charge is 2.28. The van der Waals surface area contributed by atoms with Crippen LogP contribution in [0.25, 0.3) is 0 Å². The summed E-state index contributed by atoms with van der Waals surface area (Å²) in [6.07, 6.45) is 0. The number of nitrogens with one attached hydrogen (secondary N) is 2. The van der Waals surface area contributed by atoms with E-state index in [2.05, 4.69) is 10.0 Å². The molecule has 164 valence electrons. The van der Waals surface area contributed by atoms with Gasteiger partial charge in [-0.2, -0.15) is 0 Å². The van der Waals surface area contributed by atoms with Gasteiger partial charge in [0.15, 0.2) is 0 Å². The van der Waals surface area contributed by atoms with E-state index >= 15 is 0 Å². The van der Waals surface area contributed by atoms with Crippen molar-refractivity contribution in [3.05, 3.63) is 82.9 Å². The van der Waals surface area contributed by atoms with Crippen LogP contribution in [-0.2, 0) is 14.8 Å². The number of para-hydroxylation sites is 2. The average molecular weight is 450 g/mol. The molecule has 2 amide bonds. The molecule has 3 aromatic carbocycles. The largest absolute Gasteiger partial charge is 0.323 e. The van der Waals surface area contributed by atoms with Crippen molar-refractivity contribution in [1.82, 2.24) is 0 Å². The van der Waals surface area contributed by atoms with Crippen LogP contribution in [0, 0.1) is 20.8 Å². The van der Waals surface area contributed by atoms with E-state index < -0.39 is 15.9 Å². The maximum atomic E-state index is 13.3. The number of hydrogen-bond donors (Lipinski definition) is 2. The molecule has 4 rings (SSSR count). The SMILES string of the molecule is Cc1cc(C)cc(NS(=O)(=O)c2cc(C(=O)N3CC(=O)Nc4ccccc43)ccc2C)c1. The highest BCUT2D eigenvalue weighted by molar-refractivity contribution is 7.92. The number of rotatable bonds is 4. The number of hydrogen-bond acceptors (Lipinski definition) is 4. The maximum Gasteiger partial charge on any atom is 0.262 e. The Hall–Kier alpha value is -3.65. The highest BCUT2D eigenvalue weighted by atomic mass is 32.2. The number of fused-ring (bicyclic) bond motifs is 1. The summed E-state index contributed by atoms with van der Waals surface area (Å²) in [5, 5.41) is 2.74. The molecule has 1 aliphatic rings. The summed E-state index contributed by atoms with van der Waals surface area (Å²) >= 11 is 0. The van der Waals surface area contributed by atoms with Crippen molar-refractivity contribution in [1.29, 1.82) is 0 Å². The summed E-state index contributed by atoms with van der Waals surface area (Å²) in [6.45, 7) is 5.31. The lowest BCUT2D eigenvalue weighted by Crippen LogP contribution is -2.42. The van der Waals surface area contributed by atoms with Crippen molar-refractivity contribution in [3.8, 4) is 0 Å². The lowest BCUT2D eigenvalue weighted by atomic mass is 10.1. The van der Waals surface area contributed by atoms with Gasteiger partial charge in [-0.15, -0.1) is 0 Å². The number of carbonyl (C=O) groups excluding carboxylic acids is 2. The van der Waals surface area contributed by atoms with Gasteiger partial charge in [0.25, 0.3) is 15.9 Å². The molecule has 0 spiro atoms. The van der Waals surface area contributed by atoms with Crippen LogP contribution in [0.15, 0.2) is 65.6 Å². The van der Waals surface area contributed by atoms with Crippen molar-refractivity contribution in [2.45, 2.75) is 25.7 Å². The molecule has 7 nitrogen and oxygen atoms in total. The zero-order chi connectivity index (χ0) is 23.0. The molecule has 0 radical (unpaired) electrons. The van der Waals surface area contributed by atoms with Crippen LogP contribution in [-0.4, -0.2) is 26.8 Å². The topological polar surface area (TPSA) is 95.6 Å². The van der Waals surface area contributed by atoms with Crippen LogP contribution in [0.3, 0.4) is 0 Å². The second-order valence-electron chi connectivity index (χ2n) is 7.92. The first-order valence-corrected chi connectivity index (χ1v) is 11.5. The van der Waals surface area contributed by atoms with E-state index in [0.717, 1.165) is 11.1 Å². The maximum absolute atomic E-state index is 13.3. The Morgan fingerprint density at radius 1 is 0.969 bits per heavy atom. The number of sulfonamides is 1. The Kier molecular flexibility index (Phi) is 5.48. The number of carbonyl (C=O) groups is 2. The Morgan fingerprint density at radius 2 is 1.66 bits per heavy atom. The van der Waals surface area contributed by atoms with E-state index in [9.17, 15) is 18.0 Å². The van der Waals surface area contributed by atoms with Gasteiger partial charge in [0.05, 0.1) is 16.3 Å². The van der Waals surface area contributed by atoms with Crippen LogP contribution < -0.4 is 14.9 Å². The summed E-state index contributed by atoms with van der Waals surface area (Å²) in [7, 11) is -3.94. The minimum atomic E-state index is -3.94. The molecule has 0 aromatic heterocycles. The van der Waals surface area contributed by atoms with Crippen molar-refractivity contribution in [2.24, 2.45) is 0 Å². The minimum Gasteiger partial charge on any atom is -0.323 e. The van der Waals surface area contributed by atoms with Gasteiger partial charge in [-0.05, 0) is 73.9 Å². The Bertz CT molecular complexity index is 1330. The molecule has 0 saturated carbocycles. The Morgan fingerprint density at radius 3 is 2.38 bits per heavy atom. The number of anilines is 3. The third-order valence-corrected chi connectivity index (χ3v) is 6.74. The van der Waals surface area contributed by atoms with Crippen LogP contribution in [0.4, 0.5) is 17.1 Å². The van der Waals surface area contributed by atoms with Crippen molar-refractivity contribution in [3.63, 3.8) is 0 Å². The van der Waals surface area contributed by atoms with Crippen molar-refractivity contribution >= 4 is 38.9 Å². The molecule has 32 heavy (non-hydrogen) atoms. The van der Waals surface area contributed by atoms with Crippen LogP contribution in [0.2, 0.25) is 0 Å². The van der Waals surface area contributed by atoms with Crippen LogP contribution in [0.5, 0.6) is 0 Å². The molecule has 3 aromatic rings. The summed E-state index contributed by atoms with van der Waals surface area (Å²) in [6, 6.07) is 17.0. The van der Waals surface area contributed by atoms with Gasteiger partial charge in [-0.1, -0.05) is 24.3 Å². The summed E-state index contributed by atoms with van der Waals surface area (Å²) in [5.74, 6) is -0.761. The van der Waals surface area contributed by atoms with Crippen molar-refractivity contribution < 1.29 is 18.0 Å². The summed E-state index contributed by atoms with van der Waals surface area (Å²) < 4.78 is 28.9. The van der Waals surface area contributed by atoms with Crippen LogP contribution >= 0.6 is 0 Å². The Labute approximate surface area is 187 Å². The molecule has 0 bridgehead atoms. The molecule has 0 fully saturated rings. The second kappa shape index (κ2) is 8.12. The molecule has 0 saturated heterocycles. The molecule has 8 heteroatoms. The van der Waals surface area contributed by atoms with Gasteiger partial charge in [0.2, 0.25) is 5.91 Å². The number of amides is 2. The van der Waals surface area contributed by atoms with E-state index in [1.54, 1.807) is 55.5 Å². The summed E-state index contributed by atoms with van der Waals surface area (Å²) in [5.41, 5.74) is 4.12. The first-order chi connectivity index (χ1) is 15.1. The lowest BCUT2D eigenvalue weighted by Gasteiger charge is -2.29. The minimum absolute atomic E-state index is 0.0113. The van der Waals surface area contributed by atoms with Crippen molar-refractivity contribution in [2.75, 3.05) is 21.5 Å². The quantitative estimate of drug-likeness (QED) is 0.629. The standard InChI is InChI=1S/C24H23N3O4S/c1-15-10-16(2)12-19(11-15)26-32(30,31)22-13-18(9-8-17(22)3)24(29)27-14-23(28)25-20-6-4-5-7-21(20)27/h4-13,26H,14H2,1-3H3,(H,25,28). The molecule has 0 unspecified atom stereocenters. The smallest absolute Gasteiger partial charge is 0.262 e. The highest BCUT2D eigenvalue weighted by Crippen LogP contribution is 2.31. The van der Waals surface area contributed by atoms with Gasteiger partial charge in [0.1, 0.15) is 6.54 Å². The van der Waals surface area contributed by atoms with E-state index in [0.29, 0.717) is 22.6 Å². The van der Waals surface area contributed by atoms with E-state index in [-0.39, 0.29) is 22.9 Å². The first kappa shape index (κ1) is 21.6. The lowest BCUT2D eigenvalue weighted by molar-refractivity contribution is -0.115. The Balaban J connectivity index is 1.70. The van der Waals surface area contributed by atoms with Gasteiger partial charge in [0, 0.05) is 11.3 Å². The predicted octanol–water partition coefficient (Wildman–Crippen LogP) is 4.01. The molecule has 1 aliphatic heterocycles. The van der Waals surface area contributed by atoms with E-state index in [4.69, 9.17) is 0 Å². The predicted molar refractivity (Wildman–Crippen MR) is 125 cm³/mol. The second-order valence-corrected chi connectivity index (χ2v) is 9.57. The molecule has 2 N–H and O–H groups in total. The fraction of sp³-hybridized carbons (Fsp3) is 0.167. The zero-order valence-corrected chi connectivity index (χ0v) is 18.8. The molecular weight excluding hydrogens is 426 g/mol. The van der Waals surface area contributed by atoms with E-state index in [1.807, 2.05) is 19.9 Å². The average Bonchev–Trinajstić information content (AvgIpc) is 2.71. The fourth-order valence-electron chi connectivity index (χ4n) is 3.84. The van der Waals surface area contributed by atoms with Gasteiger partial charge < -0.3 is 5.32 Å². The summed E-state index contributed by atoms with van der Waals surface area (Å²) in [4.78, 5) is 26.7. The third kappa shape index (κ3) is 4.22. The molecular formula is C24H23N3O4S. The molecule has 0 atom stereocenters. The number of nitrogens with zero attached hydrogens (tertiary/aromatic N) is 1. The first-order valence-electron chi connectivity index (χ1n) is 10.1.